The van der Waals surface area contributed by atoms with Crippen molar-refractivity contribution in [1.82, 2.24) is 9.78 Å². The standard InChI is InChI=1S/C18H20N4O5S2/c1-13-18(12-19-22(13)2)29(25,26)21-15-6-10-17(11-7-15)28(23,24)20-14-4-8-16(27-3)9-5-14/h4-12,20-21H,1-3H3. The zero-order valence-corrected chi connectivity index (χ0v) is 17.6. The Hall–Kier alpha value is -3.05. The van der Waals surface area contributed by atoms with Gasteiger partial charge < -0.3 is 4.74 Å². The highest BCUT2D eigenvalue weighted by atomic mass is 32.2. The second-order valence-electron chi connectivity index (χ2n) is 6.18. The van der Waals surface area contributed by atoms with E-state index in [9.17, 15) is 16.8 Å². The number of aryl methyl sites for hydroxylation is 1. The lowest BCUT2D eigenvalue weighted by atomic mass is 10.3. The fourth-order valence-corrected chi connectivity index (χ4v) is 4.85. The highest BCUT2D eigenvalue weighted by molar-refractivity contribution is 7.93. The first kappa shape index (κ1) is 20.7. The average molecular weight is 437 g/mol. The third-order valence-corrected chi connectivity index (χ3v) is 7.12. The molecule has 2 N–H and O–H groups in total. The van der Waals surface area contributed by atoms with Crippen LogP contribution in [0.5, 0.6) is 5.75 Å². The third kappa shape index (κ3) is 4.51. The van der Waals surface area contributed by atoms with Gasteiger partial charge in [0.1, 0.15) is 10.6 Å². The van der Waals surface area contributed by atoms with Crippen molar-refractivity contribution < 1.29 is 21.6 Å². The van der Waals surface area contributed by atoms with Crippen LogP contribution in [0.3, 0.4) is 0 Å². The Morgan fingerprint density at radius 1 is 0.862 bits per heavy atom. The molecule has 0 atom stereocenters. The minimum Gasteiger partial charge on any atom is -0.497 e. The minimum absolute atomic E-state index is 0.00572. The Morgan fingerprint density at radius 3 is 1.86 bits per heavy atom. The highest BCUT2D eigenvalue weighted by Crippen LogP contribution is 2.22. The summed E-state index contributed by atoms with van der Waals surface area (Å²) in [5.74, 6) is 0.605. The van der Waals surface area contributed by atoms with E-state index in [0.717, 1.165) is 0 Å². The first-order chi connectivity index (χ1) is 13.6. The summed E-state index contributed by atoms with van der Waals surface area (Å²) in [7, 11) is -4.51. The Morgan fingerprint density at radius 2 is 1.38 bits per heavy atom. The molecule has 0 aliphatic rings. The lowest BCUT2D eigenvalue weighted by Gasteiger charge is -2.11. The van der Waals surface area contributed by atoms with Crippen molar-refractivity contribution in [2.45, 2.75) is 16.7 Å². The van der Waals surface area contributed by atoms with Gasteiger partial charge in [-0.05, 0) is 55.5 Å². The van der Waals surface area contributed by atoms with E-state index in [4.69, 9.17) is 4.74 Å². The molecule has 1 heterocycles. The molecule has 0 saturated heterocycles. The van der Waals surface area contributed by atoms with Crippen molar-refractivity contribution in [1.29, 1.82) is 0 Å². The zero-order valence-electron chi connectivity index (χ0n) is 15.9. The predicted octanol–water partition coefficient (Wildman–Crippen LogP) is 2.34. The molecule has 3 aromatic rings. The summed E-state index contributed by atoms with van der Waals surface area (Å²) in [6.45, 7) is 1.64. The van der Waals surface area contributed by atoms with E-state index >= 15 is 0 Å². The molecule has 1 aromatic heterocycles. The van der Waals surface area contributed by atoms with Gasteiger partial charge in [0.05, 0.1) is 23.9 Å². The largest absolute Gasteiger partial charge is 0.497 e. The summed E-state index contributed by atoms with van der Waals surface area (Å²) in [6.07, 6.45) is 1.26. The Kier molecular flexibility index (Phi) is 5.53. The molecule has 3 rings (SSSR count). The minimum atomic E-state index is -3.84. The molecule has 0 radical (unpaired) electrons. The molecule has 9 nitrogen and oxygen atoms in total. The third-order valence-electron chi connectivity index (χ3n) is 4.24. The van der Waals surface area contributed by atoms with Crippen molar-refractivity contribution >= 4 is 31.4 Å². The molecule has 0 bridgehead atoms. The van der Waals surface area contributed by atoms with Crippen LogP contribution in [-0.2, 0) is 27.1 Å². The maximum Gasteiger partial charge on any atom is 0.265 e. The van der Waals surface area contributed by atoms with E-state index in [1.165, 1.54) is 42.3 Å². The molecular formula is C18H20N4O5S2. The van der Waals surface area contributed by atoms with Gasteiger partial charge in [0.25, 0.3) is 20.0 Å². The average Bonchev–Trinajstić information content (AvgIpc) is 3.02. The number of hydrogen-bond acceptors (Lipinski definition) is 6. The fourth-order valence-electron chi connectivity index (χ4n) is 2.53. The summed E-state index contributed by atoms with van der Waals surface area (Å²) in [5, 5.41) is 3.92. The van der Waals surface area contributed by atoms with Crippen LogP contribution < -0.4 is 14.2 Å². The van der Waals surface area contributed by atoms with E-state index in [2.05, 4.69) is 14.5 Å². The molecule has 29 heavy (non-hydrogen) atoms. The van der Waals surface area contributed by atoms with Crippen LogP contribution in [0.15, 0.2) is 64.5 Å². The van der Waals surface area contributed by atoms with E-state index in [1.807, 2.05) is 0 Å². The lowest BCUT2D eigenvalue weighted by Crippen LogP contribution is -2.15. The predicted molar refractivity (Wildman–Crippen MR) is 109 cm³/mol. The number of methoxy groups -OCH3 is 1. The van der Waals surface area contributed by atoms with Crippen LogP contribution in [0.2, 0.25) is 0 Å². The number of ether oxygens (including phenoxy) is 1. The summed E-state index contributed by atoms with van der Waals surface area (Å²) in [6, 6.07) is 11.8. The second-order valence-corrected chi connectivity index (χ2v) is 9.51. The van der Waals surface area contributed by atoms with Crippen molar-refractivity contribution in [3.63, 3.8) is 0 Å². The quantitative estimate of drug-likeness (QED) is 0.587. The van der Waals surface area contributed by atoms with Gasteiger partial charge in [0.2, 0.25) is 0 Å². The van der Waals surface area contributed by atoms with Crippen molar-refractivity contribution in [3.8, 4) is 5.75 Å². The Bertz CT molecular complexity index is 1220. The number of anilines is 2. The maximum atomic E-state index is 12.5. The first-order valence-electron chi connectivity index (χ1n) is 8.41. The highest BCUT2D eigenvalue weighted by Gasteiger charge is 2.21. The zero-order chi connectivity index (χ0) is 21.2. The smallest absolute Gasteiger partial charge is 0.265 e. The van der Waals surface area contributed by atoms with Gasteiger partial charge in [-0.15, -0.1) is 0 Å². The number of rotatable bonds is 7. The fraction of sp³-hybridized carbons (Fsp3) is 0.167. The molecule has 11 heteroatoms. The van der Waals surface area contributed by atoms with Crippen LogP contribution in [-0.4, -0.2) is 33.7 Å². The molecular weight excluding hydrogens is 416 g/mol. The number of nitrogens with zero attached hydrogens (tertiary/aromatic N) is 2. The number of hydrogen-bond donors (Lipinski definition) is 2. The summed E-state index contributed by atoms with van der Waals surface area (Å²) < 4.78 is 61.4. The van der Waals surface area contributed by atoms with Crippen LogP contribution in [0, 0.1) is 6.92 Å². The van der Waals surface area contributed by atoms with Gasteiger partial charge in [-0.1, -0.05) is 0 Å². The summed E-state index contributed by atoms with van der Waals surface area (Å²) >= 11 is 0. The molecule has 0 spiro atoms. The molecule has 0 aliphatic heterocycles. The van der Waals surface area contributed by atoms with Gasteiger partial charge in [0, 0.05) is 18.4 Å². The van der Waals surface area contributed by atoms with E-state index in [1.54, 1.807) is 38.2 Å². The van der Waals surface area contributed by atoms with Crippen LogP contribution in [0.25, 0.3) is 0 Å². The molecule has 0 fully saturated rings. The first-order valence-corrected chi connectivity index (χ1v) is 11.4. The van der Waals surface area contributed by atoms with E-state index in [-0.39, 0.29) is 15.5 Å². The molecule has 0 unspecified atom stereocenters. The molecule has 2 aromatic carbocycles. The van der Waals surface area contributed by atoms with Crippen molar-refractivity contribution in [2.75, 3.05) is 16.6 Å². The maximum absolute atomic E-state index is 12.5. The van der Waals surface area contributed by atoms with Crippen LogP contribution >= 0.6 is 0 Å². The van der Waals surface area contributed by atoms with E-state index in [0.29, 0.717) is 17.1 Å². The number of nitrogens with one attached hydrogen (secondary N) is 2. The SMILES string of the molecule is COc1ccc(NS(=O)(=O)c2ccc(NS(=O)(=O)c3cnn(C)c3C)cc2)cc1. The van der Waals surface area contributed by atoms with Crippen molar-refractivity contribution in [3.05, 3.63) is 60.4 Å². The van der Waals surface area contributed by atoms with Gasteiger partial charge in [-0.2, -0.15) is 5.10 Å². The summed E-state index contributed by atoms with van der Waals surface area (Å²) in [4.78, 5) is 0.0479. The number of aromatic nitrogens is 2. The lowest BCUT2D eigenvalue weighted by molar-refractivity contribution is 0.415. The van der Waals surface area contributed by atoms with Gasteiger partial charge >= 0.3 is 0 Å². The molecule has 0 amide bonds. The molecule has 0 aliphatic carbocycles. The van der Waals surface area contributed by atoms with Gasteiger partial charge in [-0.25, -0.2) is 16.8 Å². The number of sulfonamides is 2. The van der Waals surface area contributed by atoms with E-state index < -0.39 is 20.0 Å². The normalized spacial score (nSPS) is 11.8. The van der Waals surface area contributed by atoms with Gasteiger partial charge in [-0.3, -0.25) is 14.1 Å². The Labute approximate surface area is 169 Å². The molecule has 0 saturated carbocycles. The van der Waals surface area contributed by atoms with Crippen molar-refractivity contribution in [2.24, 2.45) is 7.05 Å². The molecule has 154 valence electrons. The summed E-state index contributed by atoms with van der Waals surface area (Å²) in [5.41, 5.74) is 1.10. The Balaban J connectivity index is 1.77. The monoisotopic (exact) mass is 436 g/mol. The van der Waals surface area contributed by atoms with Gasteiger partial charge in [0.15, 0.2) is 0 Å². The van der Waals surface area contributed by atoms with Crippen LogP contribution in [0.4, 0.5) is 11.4 Å². The van der Waals surface area contributed by atoms with Crippen LogP contribution in [0.1, 0.15) is 5.69 Å². The number of benzene rings is 2. The topological polar surface area (TPSA) is 119 Å². The second kappa shape index (κ2) is 7.76.